The predicted molar refractivity (Wildman–Crippen MR) is 47.1 cm³/mol. The minimum absolute atomic E-state index is 0.000262. The average molecular weight is 212 g/mol. The van der Waals surface area contributed by atoms with E-state index in [0.29, 0.717) is 0 Å². The standard InChI is InChI=1S/C5H6ClNO2S2/c6-4-1-11(8,9)2-5(4)7-3-10/h4-5H,1-2H2/t4-,5-/m1/s1. The Morgan fingerprint density at radius 3 is 2.55 bits per heavy atom. The SMILES string of the molecule is O=S1(=O)C[C@@H](Cl)[C@H](N=C=S)C1. The Kier molecular flexibility index (Phi) is 2.65. The van der Waals surface area contributed by atoms with Crippen LogP contribution >= 0.6 is 23.8 Å². The van der Waals surface area contributed by atoms with Gasteiger partial charge in [0.1, 0.15) is 0 Å². The zero-order valence-corrected chi connectivity index (χ0v) is 7.92. The first-order chi connectivity index (χ1) is 5.05. The molecule has 1 heterocycles. The van der Waals surface area contributed by atoms with Gasteiger partial charge >= 0.3 is 0 Å². The zero-order valence-electron chi connectivity index (χ0n) is 5.53. The molecular formula is C5H6ClNO2S2. The number of thiocarbonyl (C=S) groups is 1. The minimum atomic E-state index is -2.98. The summed E-state index contributed by atoms with van der Waals surface area (Å²) in [6.45, 7) is 0. The molecule has 0 spiro atoms. The second-order valence-electron chi connectivity index (χ2n) is 2.38. The first kappa shape index (κ1) is 9.13. The van der Waals surface area contributed by atoms with E-state index in [4.69, 9.17) is 11.6 Å². The smallest absolute Gasteiger partial charge is 0.154 e. The normalized spacial score (nSPS) is 34.6. The topological polar surface area (TPSA) is 46.5 Å². The van der Waals surface area contributed by atoms with Crippen LogP contribution < -0.4 is 0 Å². The number of hydrogen-bond donors (Lipinski definition) is 0. The number of nitrogens with zero attached hydrogens (tertiary/aromatic N) is 1. The van der Waals surface area contributed by atoms with Crippen LogP contribution in [0.15, 0.2) is 4.99 Å². The summed E-state index contributed by atoms with van der Waals surface area (Å²) in [5.74, 6) is 0.00451. The number of rotatable bonds is 1. The van der Waals surface area contributed by atoms with Gasteiger partial charge in [0.25, 0.3) is 0 Å². The Morgan fingerprint density at radius 1 is 1.55 bits per heavy atom. The maximum atomic E-state index is 10.9. The molecule has 0 aromatic carbocycles. The van der Waals surface area contributed by atoms with Crippen molar-refractivity contribution in [3.05, 3.63) is 0 Å². The molecule has 2 atom stereocenters. The molecule has 62 valence electrons. The molecule has 3 nitrogen and oxygen atoms in total. The van der Waals surface area contributed by atoms with Crippen molar-refractivity contribution in [3.8, 4) is 0 Å². The van der Waals surface area contributed by atoms with E-state index in [0.717, 1.165) is 0 Å². The van der Waals surface area contributed by atoms with Crippen LogP contribution in [-0.4, -0.2) is 36.5 Å². The molecule has 0 radical (unpaired) electrons. The van der Waals surface area contributed by atoms with Crippen LogP contribution in [0.25, 0.3) is 0 Å². The monoisotopic (exact) mass is 211 g/mol. The van der Waals surface area contributed by atoms with Gasteiger partial charge in [0, 0.05) is 0 Å². The van der Waals surface area contributed by atoms with Gasteiger partial charge in [-0.15, -0.1) is 11.6 Å². The van der Waals surface area contributed by atoms with E-state index in [2.05, 4.69) is 22.4 Å². The molecule has 6 heteroatoms. The molecule has 0 aliphatic carbocycles. The zero-order chi connectivity index (χ0) is 8.48. The molecule has 0 bridgehead atoms. The molecule has 0 saturated carbocycles. The van der Waals surface area contributed by atoms with E-state index < -0.39 is 15.2 Å². The van der Waals surface area contributed by atoms with Gasteiger partial charge < -0.3 is 0 Å². The molecule has 0 N–H and O–H groups in total. The van der Waals surface area contributed by atoms with Crippen molar-refractivity contribution in [2.45, 2.75) is 11.4 Å². The molecule has 1 saturated heterocycles. The number of hydrogen-bond acceptors (Lipinski definition) is 4. The predicted octanol–water partition coefficient (Wildman–Crippen LogP) is 0.494. The lowest BCUT2D eigenvalue weighted by Gasteiger charge is -2.00. The fraction of sp³-hybridized carbons (Fsp3) is 0.800. The van der Waals surface area contributed by atoms with E-state index >= 15 is 0 Å². The lowest BCUT2D eigenvalue weighted by atomic mass is 10.3. The first-order valence-electron chi connectivity index (χ1n) is 2.96. The highest BCUT2D eigenvalue weighted by molar-refractivity contribution is 7.91. The fourth-order valence-corrected chi connectivity index (χ4v) is 3.61. The Hall–Kier alpha value is 0.0400. The molecule has 11 heavy (non-hydrogen) atoms. The summed E-state index contributed by atoms with van der Waals surface area (Å²) in [7, 11) is -2.98. The van der Waals surface area contributed by atoms with Gasteiger partial charge in [0.15, 0.2) is 9.84 Å². The van der Waals surface area contributed by atoms with Gasteiger partial charge in [-0.1, -0.05) is 0 Å². The maximum Gasteiger partial charge on any atom is 0.154 e. The van der Waals surface area contributed by atoms with Crippen LogP contribution in [-0.2, 0) is 9.84 Å². The van der Waals surface area contributed by atoms with Crippen molar-refractivity contribution in [1.82, 2.24) is 0 Å². The molecule has 1 aliphatic heterocycles. The van der Waals surface area contributed by atoms with Crippen LogP contribution in [0.2, 0.25) is 0 Å². The van der Waals surface area contributed by atoms with E-state index in [1.165, 1.54) is 0 Å². The fourth-order valence-electron chi connectivity index (χ4n) is 0.972. The highest BCUT2D eigenvalue weighted by Crippen LogP contribution is 2.20. The van der Waals surface area contributed by atoms with Crippen molar-refractivity contribution in [3.63, 3.8) is 0 Å². The van der Waals surface area contributed by atoms with Crippen LogP contribution in [0.3, 0.4) is 0 Å². The minimum Gasteiger partial charge on any atom is -0.229 e. The molecule has 0 unspecified atom stereocenters. The summed E-state index contributed by atoms with van der Waals surface area (Å²) in [5, 5.41) is 1.70. The summed E-state index contributed by atoms with van der Waals surface area (Å²) in [6.07, 6.45) is 0. The summed E-state index contributed by atoms with van der Waals surface area (Å²) < 4.78 is 21.8. The summed E-state index contributed by atoms with van der Waals surface area (Å²) in [5.41, 5.74) is 0. The lowest BCUT2D eigenvalue weighted by Crippen LogP contribution is -2.15. The second kappa shape index (κ2) is 3.19. The average Bonchev–Trinajstić information content (AvgIpc) is 2.07. The number of isothiocyanates is 1. The second-order valence-corrected chi connectivity index (χ2v) is 5.28. The summed E-state index contributed by atoms with van der Waals surface area (Å²) >= 11 is 10.0. The Labute approximate surface area is 75.4 Å². The molecule has 1 aliphatic rings. The van der Waals surface area contributed by atoms with E-state index in [-0.39, 0.29) is 17.5 Å². The molecule has 0 aromatic rings. The maximum absolute atomic E-state index is 10.9. The van der Waals surface area contributed by atoms with E-state index in [1.54, 1.807) is 0 Å². The molecule has 0 aromatic heterocycles. The molecule has 0 amide bonds. The van der Waals surface area contributed by atoms with Gasteiger partial charge in [-0.2, -0.15) is 0 Å². The van der Waals surface area contributed by atoms with Crippen LogP contribution in [0.4, 0.5) is 0 Å². The van der Waals surface area contributed by atoms with Crippen LogP contribution in [0.1, 0.15) is 0 Å². The van der Waals surface area contributed by atoms with Crippen molar-refractivity contribution in [2.24, 2.45) is 4.99 Å². The van der Waals surface area contributed by atoms with Gasteiger partial charge in [-0.3, -0.25) is 0 Å². The number of aliphatic imine (C=N–C) groups is 1. The third kappa shape index (κ3) is 2.24. The van der Waals surface area contributed by atoms with Gasteiger partial charge in [0.2, 0.25) is 0 Å². The van der Waals surface area contributed by atoms with Crippen molar-refractivity contribution in [2.75, 3.05) is 11.5 Å². The Morgan fingerprint density at radius 2 is 2.18 bits per heavy atom. The van der Waals surface area contributed by atoms with Gasteiger partial charge in [0.05, 0.1) is 28.1 Å². The molecular weight excluding hydrogens is 206 g/mol. The third-order valence-electron chi connectivity index (χ3n) is 1.47. The van der Waals surface area contributed by atoms with E-state index in [1.807, 2.05) is 0 Å². The highest BCUT2D eigenvalue weighted by atomic mass is 35.5. The number of halogens is 1. The lowest BCUT2D eigenvalue weighted by molar-refractivity contribution is 0.601. The summed E-state index contributed by atoms with van der Waals surface area (Å²) in [6, 6.07) is -0.390. The van der Waals surface area contributed by atoms with Gasteiger partial charge in [-0.05, 0) is 12.2 Å². The molecule has 1 fully saturated rings. The molecule has 1 rings (SSSR count). The van der Waals surface area contributed by atoms with Crippen molar-refractivity contribution < 1.29 is 8.42 Å². The number of sulfone groups is 1. The Bertz CT molecular complexity index is 294. The number of alkyl halides is 1. The van der Waals surface area contributed by atoms with Gasteiger partial charge in [-0.25, -0.2) is 13.4 Å². The Balaban J connectivity index is 2.82. The van der Waals surface area contributed by atoms with Crippen LogP contribution in [0.5, 0.6) is 0 Å². The van der Waals surface area contributed by atoms with E-state index in [9.17, 15) is 8.42 Å². The van der Waals surface area contributed by atoms with Crippen molar-refractivity contribution >= 4 is 38.8 Å². The quantitative estimate of drug-likeness (QED) is 0.360. The van der Waals surface area contributed by atoms with Crippen LogP contribution in [0, 0.1) is 0 Å². The third-order valence-corrected chi connectivity index (χ3v) is 3.92. The summed E-state index contributed by atoms with van der Waals surface area (Å²) in [4.78, 5) is 3.65. The largest absolute Gasteiger partial charge is 0.229 e. The van der Waals surface area contributed by atoms with Crippen molar-refractivity contribution in [1.29, 1.82) is 0 Å². The highest BCUT2D eigenvalue weighted by Gasteiger charge is 2.36. The first-order valence-corrected chi connectivity index (χ1v) is 5.63.